The average molecular weight is 288 g/mol. The van der Waals surface area contributed by atoms with Gasteiger partial charge in [-0.25, -0.2) is 44.8 Å². The largest absolute Gasteiger partial charge is 2.00 e. The summed E-state index contributed by atoms with van der Waals surface area (Å²) in [7, 11) is -4.64. The molecule has 0 rings (SSSR count). The molecule has 0 saturated heterocycles. The predicted octanol–water partition coefficient (Wildman–Crippen LogP) is 1.46. The van der Waals surface area contributed by atoms with E-state index in [0.717, 1.165) is 0 Å². The van der Waals surface area contributed by atoms with Gasteiger partial charge in [-0.1, -0.05) is 0 Å². The van der Waals surface area contributed by atoms with Crippen LogP contribution in [0.5, 0.6) is 0 Å². The summed E-state index contributed by atoms with van der Waals surface area (Å²) in [6.07, 6.45) is -8.50. The van der Waals surface area contributed by atoms with Crippen LogP contribution >= 0.6 is 7.82 Å². The molecule has 3 N–H and O–H groups in total. The van der Waals surface area contributed by atoms with Crippen molar-refractivity contribution in [3.63, 3.8) is 0 Å². The third-order valence-electron chi connectivity index (χ3n) is 0. The Kier molecular flexibility index (Phi) is 15.0. The van der Waals surface area contributed by atoms with Gasteiger partial charge in [-0.05, 0) is 0 Å². The molecule has 0 bridgehead atoms. The number of rotatable bonds is 0. The molecule has 96 valence electrons. The molecule has 0 aromatic carbocycles. The SMILES string of the molecule is O=P(O)(O)O.[CH2-]C(F)(F)F.[CH2-]C(F)(F)F.[Mg+2]. The minimum Gasteiger partial charge on any atom is -0.303 e. The Morgan fingerprint density at radius 3 is 0.812 bits per heavy atom. The van der Waals surface area contributed by atoms with Crippen LogP contribution in [0.2, 0.25) is 0 Å². The number of hydrogen-bond acceptors (Lipinski definition) is 1. The maximum absolute atomic E-state index is 10.2. The summed E-state index contributed by atoms with van der Waals surface area (Å²) >= 11 is 0. The first-order chi connectivity index (χ1) is 6.00. The third kappa shape index (κ3) is 12600. The Morgan fingerprint density at radius 1 is 0.812 bits per heavy atom. The number of hydrogen-bond donors (Lipinski definition) is 3. The molecule has 0 aliphatic rings. The van der Waals surface area contributed by atoms with E-state index >= 15 is 0 Å². The van der Waals surface area contributed by atoms with Crippen LogP contribution in [-0.4, -0.2) is 50.1 Å². The van der Waals surface area contributed by atoms with Crippen LogP contribution in [0.4, 0.5) is 26.3 Å². The Hall–Kier alpha value is 0.456. The van der Waals surface area contributed by atoms with E-state index in [1.54, 1.807) is 13.8 Å². The summed E-state index contributed by atoms with van der Waals surface area (Å²) in [6, 6.07) is 0. The molecule has 0 radical (unpaired) electrons. The summed E-state index contributed by atoms with van der Waals surface area (Å²) in [5.74, 6) is 0. The monoisotopic (exact) mass is 288 g/mol. The van der Waals surface area contributed by atoms with E-state index in [9.17, 15) is 26.3 Å². The molecular formula is C4H7F6MgO4P. The molecule has 4 nitrogen and oxygen atoms in total. The molecule has 0 fully saturated rings. The van der Waals surface area contributed by atoms with Gasteiger partial charge < -0.3 is 14.7 Å². The quantitative estimate of drug-likeness (QED) is 0.273. The van der Waals surface area contributed by atoms with Crippen molar-refractivity contribution < 1.29 is 45.6 Å². The normalized spacial score (nSPS) is 11.2. The molecule has 0 aliphatic carbocycles. The van der Waals surface area contributed by atoms with E-state index < -0.39 is 20.2 Å². The van der Waals surface area contributed by atoms with Gasteiger partial charge in [0.15, 0.2) is 0 Å². The molecule has 16 heavy (non-hydrogen) atoms. The van der Waals surface area contributed by atoms with Gasteiger partial charge in [-0.15, -0.1) is 0 Å². The Bertz CT molecular complexity index is 165. The summed E-state index contributed by atoms with van der Waals surface area (Å²) < 4.78 is 70.3. The second-order valence-corrected chi connectivity index (χ2v) is 2.77. The molecular weight excluding hydrogens is 281 g/mol. The molecule has 0 aliphatic heterocycles. The van der Waals surface area contributed by atoms with Crippen LogP contribution in [0.1, 0.15) is 0 Å². The smallest absolute Gasteiger partial charge is 0.303 e. The molecule has 0 spiro atoms. The number of halogens is 6. The van der Waals surface area contributed by atoms with Gasteiger partial charge in [0.2, 0.25) is 0 Å². The minimum absolute atomic E-state index is 0. The molecule has 0 amide bonds. The van der Waals surface area contributed by atoms with Gasteiger partial charge in [0.05, 0.1) is 0 Å². The van der Waals surface area contributed by atoms with Crippen molar-refractivity contribution in [2.24, 2.45) is 0 Å². The van der Waals surface area contributed by atoms with E-state index in [4.69, 9.17) is 19.2 Å². The third-order valence-corrected chi connectivity index (χ3v) is 0. The summed E-state index contributed by atoms with van der Waals surface area (Å²) in [6.45, 7) is 3.54. The van der Waals surface area contributed by atoms with Crippen LogP contribution in [0, 0.1) is 13.8 Å². The Balaban J connectivity index is -0.0000000655. The predicted molar refractivity (Wildman–Crippen MR) is 42.8 cm³/mol. The van der Waals surface area contributed by atoms with E-state index in [-0.39, 0.29) is 23.1 Å². The van der Waals surface area contributed by atoms with Gasteiger partial charge >= 0.3 is 30.9 Å². The number of alkyl halides is 6. The molecule has 0 heterocycles. The van der Waals surface area contributed by atoms with Crippen molar-refractivity contribution in [3.05, 3.63) is 13.8 Å². The van der Waals surface area contributed by atoms with E-state index in [1.807, 2.05) is 0 Å². The fourth-order valence-electron chi connectivity index (χ4n) is 0. The first-order valence-corrected chi connectivity index (χ1v) is 4.19. The van der Waals surface area contributed by atoms with Gasteiger partial charge in [-0.2, -0.15) is 0 Å². The fourth-order valence-corrected chi connectivity index (χ4v) is 0. The van der Waals surface area contributed by atoms with E-state index in [2.05, 4.69) is 0 Å². The van der Waals surface area contributed by atoms with Crippen molar-refractivity contribution >= 4 is 30.9 Å². The maximum Gasteiger partial charge on any atom is 2.00 e. The standard InChI is InChI=1S/2C2H2F3.Mg.H3O4P/c2*1-2(3,4)5;;1-5(2,3)4/h2*1H2;;(H3,1,2,3,4)/q2*-1;+2;. The molecule has 0 aromatic rings. The maximum atomic E-state index is 10.2. The topological polar surface area (TPSA) is 77.8 Å². The first kappa shape index (κ1) is 25.3. The van der Waals surface area contributed by atoms with Crippen LogP contribution < -0.4 is 0 Å². The summed E-state index contributed by atoms with van der Waals surface area (Å²) in [5, 5.41) is 0. The van der Waals surface area contributed by atoms with Crippen molar-refractivity contribution in [1.82, 2.24) is 0 Å². The van der Waals surface area contributed by atoms with Crippen LogP contribution in [-0.2, 0) is 4.57 Å². The fraction of sp³-hybridized carbons (Fsp3) is 0.500. The Morgan fingerprint density at radius 2 is 0.812 bits per heavy atom. The van der Waals surface area contributed by atoms with Crippen LogP contribution in [0.15, 0.2) is 0 Å². The van der Waals surface area contributed by atoms with Crippen molar-refractivity contribution in [2.45, 2.75) is 12.4 Å². The summed E-state index contributed by atoms with van der Waals surface area (Å²) in [4.78, 5) is 21.6. The van der Waals surface area contributed by atoms with Gasteiger partial charge in [-0.3, -0.25) is 0 Å². The van der Waals surface area contributed by atoms with Crippen LogP contribution in [0.25, 0.3) is 0 Å². The molecule has 0 saturated carbocycles. The molecule has 12 heteroatoms. The Labute approximate surface area is 103 Å². The zero-order valence-corrected chi connectivity index (χ0v) is 9.89. The van der Waals surface area contributed by atoms with Crippen molar-refractivity contribution in [2.75, 3.05) is 0 Å². The zero-order chi connectivity index (χ0) is 13.5. The summed E-state index contributed by atoms with van der Waals surface area (Å²) in [5.41, 5.74) is 0. The second kappa shape index (κ2) is 9.48. The van der Waals surface area contributed by atoms with Crippen LogP contribution in [0.3, 0.4) is 0 Å². The van der Waals surface area contributed by atoms with Crippen molar-refractivity contribution in [3.8, 4) is 0 Å². The second-order valence-electron chi connectivity index (χ2n) is 1.74. The molecule has 0 atom stereocenters. The van der Waals surface area contributed by atoms with E-state index in [0.29, 0.717) is 0 Å². The zero-order valence-electron chi connectivity index (χ0n) is 7.59. The molecule has 0 aromatic heterocycles. The minimum atomic E-state index is -4.64. The average Bonchev–Trinajstić information content (AvgIpc) is 1.41. The van der Waals surface area contributed by atoms with Gasteiger partial charge in [0.1, 0.15) is 0 Å². The first-order valence-electron chi connectivity index (χ1n) is 2.62. The van der Waals surface area contributed by atoms with Gasteiger partial charge in [0, 0.05) is 0 Å². The number of phosphoric acid groups is 1. The van der Waals surface area contributed by atoms with Gasteiger partial charge in [0.25, 0.3) is 12.4 Å². The van der Waals surface area contributed by atoms with E-state index in [1.165, 1.54) is 0 Å². The van der Waals surface area contributed by atoms with Crippen molar-refractivity contribution in [1.29, 1.82) is 0 Å². The molecule has 0 unspecified atom stereocenters.